The van der Waals surface area contributed by atoms with Gasteiger partial charge in [0.2, 0.25) is 0 Å². The van der Waals surface area contributed by atoms with Gasteiger partial charge in [-0.1, -0.05) is 51.9 Å². The molecule has 1 aliphatic carbocycles. The Balaban J connectivity index is 1.61. The Bertz CT molecular complexity index is 515. The number of ether oxygens (including phenoxy) is 1. The molecular formula is C20H28FNO. The predicted molar refractivity (Wildman–Crippen MR) is 90.8 cm³/mol. The Morgan fingerprint density at radius 1 is 1.13 bits per heavy atom. The summed E-state index contributed by atoms with van der Waals surface area (Å²) in [6, 6.07) is 6.26. The Hall–Kier alpha value is -1.56. The van der Waals surface area contributed by atoms with E-state index in [4.69, 9.17) is 10.00 Å². The predicted octanol–water partition coefficient (Wildman–Crippen LogP) is 5.85. The number of benzene rings is 1. The molecule has 3 heteroatoms. The van der Waals surface area contributed by atoms with Gasteiger partial charge in [-0.15, -0.1) is 0 Å². The smallest absolute Gasteiger partial charge is 0.144 e. The first kappa shape index (κ1) is 17.8. The summed E-state index contributed by atoms with van der Waals surface area (Å²) in [5, 5.41) is 8.70. The fourth-order valence-electron chi connectivity index (χ4n) is 3.54. The van der Waals surface area contributed by atoms with E-state index in [2.05, 4.69) is 6.92 Å². The molecule has 0 bridgehead atoms. The lowest BCUT2D eigenvalue weighted by atomic mass is 9.78. The largest absolute Gasteiger partial charge is 0.493 e. The van der Waals surface area contributed by atoms with Crippen molar-refractivity contribution in [3.8, 4) is 11.8 Å². The molecule has 0 N–H and O–H groups in total. The van der Waals surface area contributed by atoms with E-state index in [9.17, 15) is 4.39 Å². The topological polar surface area (TPSA) is 33.0 Å². The van der Waals surface area contributed by atoms with Crippen molar-refractivity contribution in [2.75, 3.05) is 6.61 Å². The van der Waals surface area contributed by atoms with Crippen molar-refractivity contribution in [2.24, 2.45) is 11.8 Å². The van der Waals surface area contributed by atoms with Crippen LogP contribution in [-0.2, 0) is 0 Å². The van der Waals surface area contributed by atoms with Crippen LogP contribution in [0.5, 0.6) is 5.75 Å². The summed E-state index contributed by atoms with van der Waals surface area (Å²) in [5.41, 5.74) is 0.0668. The second-order valence-electron chi connectivity index (χ2n) is 6.77. The third-order valence-corrected chi connectivity index (χ3v) is 5.02. The van der Waals surface area contributed by atoms with Gasteiger partial charge in [-0.25, -0.2) is 4.39 Å². The molecule has 1 aromatic carbocycles. The van der Waals surface area contributed by atoms with Gasteiger partial charge in [0, 0.05) is 6.07 Å². The number of unbranched alkanes of at least 4 members (excludes halogenated alkanes) is 1. The molecule has 0 amide bonds. The van der Waals surface area contributed by atoms with Crippen molar-refractivity contribution in [2.45, 2.75) is 64.7 Å². The van der Waals surface area contributed by atoms with Crippen LogP contribution in [-0.4, -0.2) is 6.61 Å². The molecule has 1 fully saturated rings. The van der Waals surface area contributed by atoms with E-state index in [0.717, 1.165) is 18.3 Å². The Morgan fingerprint density at radius 2 is 1.78 bits per heavy atom. The summed E-state index contributed by atoms with van der Waals surface area (Å²) < 4.78 is 19.1. The Kier molecular flexibility index (Phi) is 7.39. The lowest BCUT2D eigenvalue weighted by molar-refractivity contribution is 0.228. The summed E-state index contributed by atoms with van der Waals surface area (Å²) in [6.45, 7) is 2.90. The van der Waals surface area contributed by atoms with Crippen molar-refractivity contribution < 1.29 is 9.13 Å². The number of nitrogens with zero attached hydrogens (tertiary/aromatic N) is 1. The normalized spacial score (nSPS) is 20.9. The van der Waals surface area contributed by atoms with Gasteiger partial charge in [0.15, 0.2) is 0 Å². The van der Waals surface area contributed by atoms with Gasteiger partial charge < -0.3 is 4.74 Å². The lowest BCUT2D eigenvalue weighted by Crippen LogP contribution is -2.15. The summed E-state index contributed by atoms with van der Waals surface area (Å²) in [5.74, 6) is 1.82. The molecule has 2 nitrogen and oxygen atoms in total. The van der Waals surface area contributed by atoms with Crippen molar-refractivity contribution in [3.05, 3.63) is 29.6 Å². The van der Waals surface area contributed by atoms with Gasteiger partial charge in [-0.05, 0) is 36.8 Å². The summed E-state index contributed by atoms with van der Waals surface area (Å²) in [7, 11) is 0. The minimum atomic E-state index is -0.504. The molecule has 23 heavy (non-hydrogen) atoms. The summed E-state index contributed by atoms with van der Waals surface area (Å²) in [6.07, 6.45) is 11.8. The van der Waals surface area contributed by atoms with Crippen LogP contribution in [0.4, 0.5) is 4.39 Å². The van der Waals surface area contributed by atoms with Gasteiger partial charge in [-0.3, -0.25) is 0 Å². The lowest BCUT2D eigenvalue weighted by Gasteiger charge is -2.28. The third-order valence-electron chi connectivity index (χ3n) is 5.02. The maximum absolute atomic E-state index is 13.5. The molecule has 1 saturated carbocycles. The first-order valence-corrected chi connectivity index (χ1v) is 9.05. The van der Waals surface area contributed by atoms with Crippen LogP contribution < -0.4 is 4.74 Å². The van der Waals surface area contributed by atoms with Crippen molar-refractivity contribution in [1.82, 2.24) is 0 Å². The van der Waals surface area contributed by atoms with Gasteiger partial charge in [0.05, 0.1) is 12.2 Å². The van der Waals surface area contributed by atoms with Crippen molar-refractivity contribution in [1.29, 1.82) is 5.26 Å². The van der Waals surface area contributed by atoms with Gasteiger partial charge in [0.1, 0.15) is 17.6 Å². The van der Waals surface area contributed by atoms with Gasteiger partial charge in [0.25, 0.3) is 0 Å². The van der Waals surface area contributed by atoms with E-state index in [1.807, 2.05) is 6.07 Å². The second-order valence-corrected chi connectivity index (χ2v) is 6.77. The van der Waals surface area contributed by atoms with E-state index < -0.39 is 5.82 Å². The number of hydrogen-bond acceptors (Lipinski definition) is 2. The first-order valence-electron chi connectivity index (χ1n) is 9.05. The quantitative estimate of drug-likeness (QED) is 0.563. The highest BCUT2D eigenvalue weighted by atomic mass is 19.1. The Morgan fingerprint density at radius 3 is 2.35 bits per heavy atom. The maximum atomic E-state index is 13.5. The molecule has 0 aliphatic heterocycles. The van der Waals surface area contributed by atoms with Gasteiger partial charge in [-0.2, -0.15) is 5.26 Å². The molecule has 0 spiro atoms. The van der Waals surface area contributed by atoms with Crippen molar-refractivity contribution >= 4 is 0 Å². The molecule has 1 aromatic rings. The van der Waals surface area contributed by atoms with E-state index in [0.29, 0.717) is 12.4 Å². The fourth-order valence-corrected chi connectivity index (χ4v) is 3.54. The summed E-state index contributed by atoms with van der Waals surface area (Å²) in [4.78, 5) is 0. The first-order chi connectivity index (χ1) is 11.2. The molecule has 0 saturated heterocycles. The zero-order valence-corrected chi connectivity index (χ0v) is 14.2. The average molecular weight is 317 g/mol. The van der Waals surface area contributed by atoms with Crippen LogP contribution in [0.2, 0.25) is 0 Å². The van der Waals surface area contributed by atoms with Crippen LogP contribution in [0.25, 0.3) is 0 Å². The van der Waals surface area contributed by atoms with Crippen LogP contribution in [0.3, 0.4) is 0 Å². The summed E-state index contributed by atoms with van der Waals surface area (Å²) >= 11 is 0. The number of halogens is 1. The highest BCUT2D eigenvalue weighted by Crippen LogP contribution is 2.34. The molecular weight excluding hydrogens is 289 g/mol. The van der Waals surface area contributed by atoms with E-state index in [1.165, 1.54) is 63.5 Å². The van der Waals surface area contributed by atoms with Crippen LogP contribution in [0.15, 0.2) is 18.2 Å². The van der Waals surface area contributed by atoms with E-state index in [1.54, 1.807) is 6.07 Å². The van der Waals surface area contributed by atoms with E-state index in [-0.39, 0.29) is 5.56 Å². The molecule has 2 rings (SSSR count). The number of rotatable bonds is 8. The van der Waals surface area contributed by atoms with Crippen LogP contribution in [0, 0.1) is 29.0 Å². The molecule has 1 aliphatic rings. The second kappa shape index (κ2) is 9.55. The molecule has 126 valence electrons. The zero-order valence-electron chi connectivity index (χ0n) is 14.2. The number of nitriles is 1. The van der Waals surface area contributed by atoms with Crippen LogP contribution in [0.1, 0.15) is 70.3 Å². The molecule has 0 aromatic heterocycles. The highest BCUT2D eigenvalue weighted by molar-refractivity contribution is 5.36. The SMILES string of the molecule is CCCCC1CCC(CCCOc2ccc(C#N)c(F)c2)CC1. The van der Waals surface area contributed by atoms with Gasteiger partial charge >= 0.3 is 0 Å². The maximum Gasteiger partial charge on any atom is 0.144 e. The fraction of sp³-hybridized carbons (Fsp3) is 0.650. The zero-order chi connectivity index (χ0) is 16.5. The Labute approximate surface area is 139 Å². The average Bonchev–Trinajstić information content (AvgIpc) is 2.58. The minimum absolute atomic E-state index is 0.0668. The third kappa shape index (κ3) is 5.86. The van der Waals surface area contributed by atoms with E-state index >= 15 is 0 Å². The van der Waals surface area contributed by atoms with Crippen molar-refractivity contribution in [3.63, 3.8) is 0 Å². The number of hydrogen-bond donors (Lipinski definition) is 0. The van der Waals surface area contributed by atoms with Crippen LogP contribution >= 0.6 is 0 Å². The highest BCUT2D eigenvalue weighted by Gasteiger charge is 2.20. The molecule has 0 unspecified atom stereocenters. The minimum Gasteiger partial charge on any atom is -0.493 e. The molecule has 0 radical (unpaired) electrons. The standard InChI is InChI=1S/C20H28FNO/c1-2-3-5-16-7-9-17(10-8-16)6-4-13-23-19-12-11-18(15-22)20(21)14-19/h11-12,14,16-17H,2-10,13H2,1H3. The monoisotopic (exact) mass is 317 g/mol. The molecule has 0 atom stereocenters. The molecule has 0 heterocycles.